The number of hydrogen-bond donors (Lipinski definition) is 2. The van der Waals surface area contributed by atoms with Crippen molar-refractivity contribution in [1.29, 1.82) is 0 Å². The van der Waals surface area contributed by atoms with Gasteiger partial charge in [-0.05, 0) is 18.4 Å². The Bertz CT molecular complexity index is 808. The molecule has 4 atom stereocenters. The van der Waals surface area contributed by atoms with E-state index < -0.39 is 23.9 Å². The van der Waals surface area contributed by atoms with Crippen molar-refractivity contribution in [2.45, 2.75) is 57.5 Å². The molecule has 7 heteroatoms. The average Bonchev–Trinajstić information content (AvgIpc) is 3.00. The molecule has 1 aromatic carbocycles. The summed E-state index contributed by atoms with van der Waals surface area (Å²) >= 11 is 0. The second-order valence-electron chi connectivity index (χ2n) is 7.86. The van der Waals surface area contributed by atoms with Gasteiger partial charge in [0.25, 0.3) is 0 Å². The highest BCUT2D eigenvalue weighted by atomic mass is 16.3. The van der Waals surface area contributed by atoms with Gasteiger partial charge in [0.2, 0.25) is 17.7 Å². The van der Waals surface area contributed by atoms with Crippen molar-refractivity contribution in [3.63, 3.8) is 0 Å². The zero-order valence-corrected chi connectivity index (χ0v) is 15.1. The van der Waals surface area contributed by atoms with Crippen LogP contribution in [0.4, 0.5) is 5.69 Å². The van der Waals surface area contributed by atoms with Crippen LogP contribution >= 0.6 is 0 Å². The van der Waals surface area contributed by atoms with Gasteiger partial charge in [-0.25, -0.2) is 0 Å². The monoisotopic (exact) mass is 357 g/mol. The van der Waals surface area contributed by atoms with Crippen LogP contribution in [-0.2, 0) is 20.0 Å². The summed E-state index contributed by atoms with van der Waals surface area (Å²) in [5, 5.41) is 14.3. The lowest BCUT2D eigenvalue weighted by atomic mass is 9.91. The fourth-order valence-corrected chi connectivity index (χ4v) is 4.64. The number of aliphatic hydroxyl groups is 1. The molecule has 3 aliphatic rings. The Morgan fingerprint density at radius 3 is 2.69 bits per heavy atom. The van der Waals surface area contributed by atoms with Gasteiger partial charge in [0, 0.05) is 18.9 Å². The number of nitrogens with zero attached hydrogens (tertiary/aromatic N) is 2. The molecular weight excluding hydrogens is 334 g/mol. The molecule has 3 amide bonds. The van der Waals surface area contributed by atoms with Crippen molar-refractivity contribution in [2.75, 3.05) is 4.90 Å². The quantitative estimate of drug-likeness (QED) is 0.816. The Balaban J connectivity index is 1.82. The number of hydrogen-bond acceptors (Lipinski definition) is 4. The molecular formula is C19H23N3O4. The highest BCUT2D eigenvalue weighted by Crippen LogP contribution is 2.53. The molecule has 0 bridgehead atoms. The van der Waals surface area contributed by atoms with Gasteiger partial charge in [-0.1, -0.05) is 32.0 Å². The molecule has 0 aliphatic carbocycles. The lowest BCUT2D eigenvalue weighted by molar-refractivity contribution is -0.150. The van der Waals surface area contributed by atoms with Gasteiger partial charge in [0.05, 0.1) is 5.69 Å². The molecule has 0 radical (unpaired) electrons. The molecule has 3 aliphatic heterocycles. The van der Waals surface area contributed by atoms with Gasteiger partial charge in [-0.2, -0.15) is 0 Å². The van der Waals surface area contributed by atoms with E-state index >= 15 is 0 Å². The minimum Gasteiger partial charge on any atom is -0.381 e. The molecule has 7 nitrogen and oxygen atoms in total. The van der Waals surface area contributed by atoms with Crippen molar-refractivity contribution in [3.05, 3.63) is 29.8 Å². The molecule has 26 heavy (non-hydrogen) atoms. The van der Waals surface area contributed by atoms with E-state index in [1.165, 1.54) is 16.7 Å². The van der Waals surface area contributed by atoms with E-state index in [2.05, 4.69) is 5.32 Å². The molecule has 0 spiro atoms. The molecule has 0 unspecified atom stereocenters. The fraction of sp³-hybridized carbons (Fsp3) is 0.526. The number of carbonyl (C=O) groups is 3. The molecule has 2 N–H and O–H groups in total. The SMILES string of the molecule is CC(=O)N1c2ccccc2[C@]2(O)C[C@@H]3C(=O)N[C@H](CC(C)C)C(=O)N3[C@@H]12. The Hall–Kier alpha value is -2.41. The van der Waals surface area contributed by atoms with Crippen LogP contribution in [0.5, 0.6) is 0 Å². The first-order chi connectivity index (χ1) is 12.3. The number of amides is 3. The average molecular weight is 357 g/mol. The molecule has 2 saturated heterocycles. The molecule has 0 aromatic heterocycles. The number of benzene rings is 1. The van der Waals surface area contributed by atoms with E-state index in [9.17, 15) is 19.5 Å². The van der Waals surface area contributed by atoms with E-state index in [1.807, 2.05) is 13.8 Å². The maximum atomic E-state index is 13.2. The van der Waals surface area contributed by atoms with Crippen molar-refractivity contribution in [3.8, 4) is 0 Å². The van der Waals surface area contributed by atoms with Gasteiger partial charge in [0.15, 0.2) is 0 Å². The minimum absolute atomic E-state index is 0.0877. The lowest BCUT2D eigenvalue weighted by Gasteiger charge is -2.41. The van der Waals surface area contributed by atoms with Crippen LogP contribution in [0.3, 0.4) is 0 Å². The predicted molar refractivity (Wildman–Crippen MR) is 93.9 cm³/mol. The summed E-state index contributed by atoms with van der Waals surface area (Å²) in [4.78, 5) is 41.1. The Morgan fingerprint density at radius 1 is 1.35 bits per heavy atom. The van der Waals surface area contributed by atoms with Gasteiger partial charge in [0.1, 0.15) is 23.9 Å². The van der Waals surface area contributed by atoms with Gasteiger partial charge in [-0.15, -0.1) is 0 Å². The van der Waals surface area contributed by atoms with E-state index in [0.717, 1.165) is 0 Å². The fourth-order valence-electron chi connectivity index (χ4n) is 4.64. The number of piperazine rings is 1. The number of nitrogens with one attached hydrogen (secondary N) is 1. The first-order valence-corrected chi connectivity index (χ1v) is 9.00. The summed E-state index contributed by atoms with van der Waals surface area (Å²) < 4.78 is 0. The predicted octanol–water partition coefficient (Wildman–Crippen LogP) is 0.712. The maximum absolute atomic E-state index is 13.2. The van der Waals surface area contributed by atoms with Gasteiger partial charge < -0.3 is 15.3 Å². The third-order valence-corrected chi connectivity index (χ3v) is 5.62. The van der Waals surface area contributed by atoms with Crippen molar-refractivity contribution >= 4 is 23.4 Å². The number of rotatable bonds is 2. The maximum Gasteiger partial charge on any atom is 0.247 e. The highest BCUT2D eigenvalue weighted by Gasteiger charge is 2.65. The van der Waals surface area contributed by atoms with E-state index in [1.54, 1.807) is 24.3 Å². The normalized spacial score (nSPS) is 32.4. The van der Waals surface area contributed by atoms with Crippen molar-refractivity contribution in [1.82, 2.24) is 10.2 Å². The molecule has 138 valence electrons. The Labute approximate surface area is 152 Å². The van der Waals surface area contributed by atoms with Crippen molar-refractivity contribution < 1.29 is 19.5 Å². The third-order valence-electron chi connectivity index (χ3n) is 5.62. The van der Waals surface area contributed by atoms with Gasteiger partial charge in [-0.3, -0.25) is 19.3 Å². The van der Waals surface area contributed by atoms with Crippen LogP contribution in [-0.4, -0.2) is 46.0 Å². The first kappa shape index (κ1) is 17.0. The summed E-state index contributed by atoms with van der Waals surface area (Å²) in [6, 6.07) is 5.72. The Morgan fingerprint density at radius 2 is 2.04 bits per heavy atom. The van der Waals surface area contributed by atoms with Crippen LogP contribution in [0.1, 0.15) is 39.2 Å². The zero-order chi connectivity index (χ0) is 18.8. The molecule has 3 heterocycles. The topological polar surface area (TPSA) is 90.0 Å². The first-order valence-electron chi connectivity index (χ1n) is 9.00. The molecule has 2 fully saturated rings. The van der Waals surface area contributed by atoms with E-state index in [4.69, 9.17) is 0 Å². The van der Waals surface area contributed by atoms with Crippen molar-refractivity contribution in [2.24, 2.45) is 5.92 Å². The molecule has 1 aromatic rings. The largest absolute Gasteiger partial charge is 0.381 e. The third kappa shape index (κ3) is 2.13. The van der Waals surface area contributed by atoms with E-state index in [-0.39, 0.29) is 30.1 Å². The summed E-state index contributed by atoms with van der Waals surface area (Å²) in [6.07, 6.45) is -0.272. The van der Waals surface area contributed by atoms with Crippen LogP contribution in [0.2, 0.25) is 0 Å². The number of carbonyl (C=O) groups excluding carboxylic acids is 3. The minimum atomic E-state index is -1.44. The van der Waals surface area contributed by atoms with Crippen LogP contribution in [0.15, 0.2) is 24.3 Å². The second-order valence-corrected chi connectivity index (χ2v) is 7.86. The van der Waals surface area contributed by atoms with Crippen LogP contribution < -0.4 is 10.2 Å². The summed E-state index contributed by atoms with van der Waals surface area (Å²) in [7, 11) is 0. The summed E-state index contributed by atoms with van der Waals surface area (Å²) in [5.74, 6) is -0.535. The number of para-hydroxylation sites is 1. The van der Waals surface area contributed by atoms with E-state index in [0.29, 0.717) is 17.7 Å². The zero-order valence-electron chi connectivity index (χ0n) is 15.1. The van der Waals surface area contributed by atoms with Crippen LogP contribution in [0.25, 0.3) is 0 Å². The lowest BCUT2D eigenvalue weighted by Crippen LogP contribution is -2.66. The number of anilines is 1. The summed E-state index contributed by atoms with van der Waals surface area (Å²) in [5.41, 5.74) is -0.243. The molecule has 4 rings (SSSR count). The smallest absolute Gasteiger partial charge is 0.247 e. The standard InChI is InChI=1S/C19H23N3O4/c1-10(2)8-13-17(25)22-15(16(24)20-13)9-19(26)12-6-4-5-7-14(12)21(11(3)23)18(19)22/h4-7,10,13,15,18,26H,8-9H2,1-3H3,(H,20,24)/t13-,15-,18-,19-/m1/s1. The van der Waals surface area contributed by atoms with Crippen LogP contribution in [0, 0.1) is 5.92 Å². The number of fused-ring (bicyclic) bond motifs is 5. The highest BCUT2D eigenvalue weighted by molar-refractivity contribution is 6.02. The Kier molecular flexibility index (Phi) is 3.63. The van der Waals surface area contributed by atoms with Gasteiger partial charge >= 0.3 is 0 Å². The summed E-state index contributed by atoms with van der Waals surface area (Å²) in [6.45, 7) is 5.38. The second kappa shape index (κ2) is 5.54. The molecule has 0 saturated carbocycles.